The molecule has 1 atom stereocenters. The van der Waals surface area contributed by atoms with Gasteiger partial charge in [0.15, 0.2) is 0 Å². The minimum absolute atomic E-state index is 0.368. The monoisotopic (exact) mass is 211 g/mol. The van der Waals surface area contributed by atoms with E-state index in [9.17, 15) is 0 Å². The molecule has 1 nitrogen and oxygen atoms in total. The van der Waals surface area contributed by atoms with E-state index in [-0.39, 0.29) is 0 Å². The molecular formula is C15H17N. The zero-order valence-electron chi connectivity index (χ0n) is 9.85. The van der Waals surface area contributed by atoms with E-state index >= 15 is 0 Å². The van der Waals surface area contributed by atoms with Crippen molar-refractivity contribution in [1.29, 1.82) is 0 Å². The van der Waals surface area contributed by atoms with Gasteiger partial charge >= 0.3 is 0 Å². The van der Waals surface area contributed by atoms with Gasteiger partial charge in [-0.2, -0.15) is 0 Å². The molecule has 0 aliphatic carbocycles. The molecule has 0 aliphatic rings. The van der Waals surface area contributed by atoms with E-state index in [4.69, 9.17) is 0 Å². The zero-order valence-corrected chi connectivity index (χ0v) is 9.85. The fraction of sp³-hybridized carbons (Fsp3) is 0.267. The second-order valence-electron chi connectivity index (χ2n) is 4.07. The molecule has 0 fully saturated rings. The van der Waals surface area contributed by atoms with Crippen molar-refractivity contribution < 1.29 is 0 Å². The minimum Gasteiger partial charge on any atom is -0.261 e. The maximum Gasteiger partial charge on any atom is 0.0475 e. The molecule has 0 N–H and O–H groups in total. The fourth-order valence-electron chi connectivity index (χ4n) is 1.84. The van der Waals surface area contributed by atoms with E-state index in [1.165, 1.54) is 11.1 Å². The maximum atomic E-state index is 4.40. The molecule has 0 radical (unpaired) electrons. The Morgan fingerprint density at radius 3 is 2.38 bits per heavy atom. The maximum absolute atomic E-state index is 4.40. The summed E-state index contributed by atoms with van der Waals surface area (Å²) in [6.45, 7) is 4.38. The van der Waals surface area contributed by atoms with Crippen molar-refractivity contribution in [2.45, 2.75) is 26.2 Å². The Labute approximate surface area is 97.2 Å². The summed E-state index contributed by atoms with van der Waals surface area (Å²) < 4.78 is 0. The highest BCUT2D eigenvalue weighted by Crippen LogP contribution is 2.22. The van der Waals surface area contributed by atoms with Gasteiger partial charge in [-0.3, -0.25) is 4.98 Å². The first-order valence-corrected chi connectivity index (χ1v) is 5.81. The van der Waals surface area contributed by atoms with Crippen LogP contribution in [0.5, 0.6) is 0 Å². The number of aryl methyl sites for hydroxylation is 1. The number of pyridine rings is 1. The second-order valence-corrected chi connectivity index (χ2v) is 4.07. The molecule has 0 bridgehead atoms. The van der Waals surface area contributed by atoms with Gasteiger partial charge in [-0.05, 0) is 29.7 Å². The van der Waals surface area contributed by atoms with Gasteiger partial charge in [0, 0.05) is 17.8 Å². The van der Waals surface area contributed by atoms with Gasteiger partial charge in [0.1, 0.15) is 0 Å². The van der Waals surface area contributed by atoms with Crippen LogP contribution in [0.25, 0.3) is 0 Å². The van der Waals surface area contributed by atoms with E-state index in [2.05, 4.69) is 49.2 Å². The van der Waals surface area contributed by atoms with Crippen molar-refractivity contribution in [2.24, 2.45) is 0 Å². The summed E-state index contributed by atoms with van der Waals surface area (Å²) in [5, 5.41) is 0. The number of benzene rings is 1. The van der Waals surface area contributed by atoms with Gasteiger partial charge in [0.05, 0.1) is 0 Å². The molecule has 16 heavy (non-hydrogen) atoms. The van der Waals surface area contributed by atoms with Gasteiger partial charge in [-0.25, -0.2) is 0 Å². The minimum atomic E-state index is 0.368. The third kappa shape index (κ3) is 2.30. The average molecular weight is 211 g/mol. The summed E-state index contributed by atoms with van der Waals surface area (Å²) in [6, 6.07) is 14.9. The highest BCUT2D eigenvalue weighted by molar-refractivity contribution is 5.30. The summed E-state index contributed by atoms with van der Waals surface area (Å²) in [6.07, 6.45) is 2.95. The molecule has 82 valence electrons. The van der Waals surface area contributed by atoms with Gasteiger partial charge in [-0.1, -0.05) is 44.2 Å². The van der Waals surface area contributed by atoms with Crippen molar-refractivity contribution in [3.05, 3.63) is 65.5 Å². The van der Waals surface area contributed by atoms with Gasteiger partial charge in [0.2, 0.25) is 0 Å². The predicted octanol–water partition coefficient (Wildman–Crippen LogP) is 3.80. The van der Waals surface area contributed by atoms with E-state index in [1.54, 1.807) is 0 Å². The Kier molecular flexibility index (Phi) is 3.35. The molecule has 0 saturated carbocycles. The Morgan fingerprint density at radius 2 is 1.81 bits per heavy atom. The van der Waals surface area contributed by atoms with Crippen molar-refractivity contribution in [1.82, 2.24) is 4.98 Å². The second kappa shape index (κ2) is 4.93. The predicted molar refractivity (Wildman–Crippen MR) is 67.6 cm³/mol. The number of aromatic nitrogens is 1. The molecular weight excluding hydrogens is 194 g/mol. The molecule has 1 heteroatoms. The SMILES string of the molecule is CCc1ccc(C(C)c2ccccn2)cc1. The molecule has 0 amide bonds. The molecule has 1 aromatic heterocycles. The summed E-state index contributed by atoms with van der Waals surface area (Å²) >= 11 is 0. The first kappa shape index (κ1) is 10.9. The lowest BCUT2D eigenvalue weighted by atomic mass is 9.96. The number of hydrogen-bond donors (Lipinski definition) is 0. The lowest BCUT2D eigenvalue weighted by Crippen LogP contribution is -1.98. The summed E-state index contributed by atoms with van der Waals surface area (Å²) in [7, 11) is 0. The van der Waals surface area contributed by atoms with Crippen molar-refractivity contribution in [3.8, 4) is 0 Å². The first-order chi connectivity index (χ1) is 7.81. The third-order valence-electron chi connectivity index (χ3n) is 3.02. The normalized spacial score (nSPS) is 12.4. The fourth-order valence-corrected chi connectivity index (χ4v) is 1.84. The van der Waals surface area contributed by atoms with Crippen LogP contribution >= 0.6 is 0 Å². The van der Waals surface area contributed by atoms with E-state index in [0.717, 1.165) is 12.1 Å². The lowest BCUT2D eigenvalue weighted by molar-refractivity contribution is 0.870. The van der Waals surface area contributed by atoms with Crippen LogP contribution in [0.15, 0.2) is 48.7 Å². The number of hydrogen-bond acceptors (Lipinski definition) is 1. The summed E-state index contributed by atoms with van der Waals surface area (Å²) in [5.41, 5.74) is 3.85. The van der Waals surface area contributed by atoms with Crippen molar-refractivity contribution >= 4 is 0 Å². The molecule has 0 spiro atoms. The smallest absolute Gasteiger partial charge is 0.0475 e. The van der Waals surface area contributed by atoms with Crippen LogP contribution in [-0.4, -0.2) is 4.98 Å². The van der Waals surface area contributed by atoms with E-state index in [1.807, 2.05) is 18.3 Å². The molecule has 2 rings (SSSR count). The molecule has 1 unspecified atom stereocenters. The third-order valence-corrected chi connectivity index (χ3v) is 3.02. The van der Waals surface area contributed by atoms with Crippen LogP contribution in [0.3, 0.4) is 0 Å². The van der Waals surface area contributed by atoms with Gasteiger partial charge in [-0.15, -0.1) is 0 Å². The average Bonchev–Trinajstić information content (AvgIpc) is 2.39. The highest BCUT2D eigenvalue weighted by Gasteiger charge is 2.08. The van der Waals surface area contributed by atoms with Crippen LogP contribution in [0, 0.1) is 0 Å². The van der Waals surface area contributed by atoms with Crippen molar-refractivity contribution in [2.75, 3.05) is 0 Å². The van der Waals surface area contributed by atoms with Crippen molar-refractivity contribution in [3.63, 3.8) is 0 Å². The van der Waals surface area contributed by atoms with Gasteiger partial charge in [0.25, 0.3) is 0 Å². The summed E-state index contributed by atoms with van der Waals surface area (Å²) in [4.78, 5) is 4.40. The number of nitrogens with zero attached hydrogens (tertiary/aromatic N) is 1. The first-order valence-electron chi connectivity index (χ1n) is 5.81. The number of rotatable bonds is 3. The zero-order chi connectivity index (χ0) is 11.4. The highest BCUT2D eigenvalue weighted by atomic mass is 14.7. The van der Waals surface area contributed by atoms with Crippen LogP contribution in [0.2, 0.25) is 0 Å². The molecule has 2 aromatic rings. The molecule has 1 aromatic carbocycles. The van der Waals surface area contributed by atoms with Crippen LogP contribution in [-0.2, 0) is 6.42 Å². The van der Waals surface area contributed by atoms with E-state index in [0.29, 0.717) is 5.92 Å². The molecule has 0 aliphatic heterocycles. The molecule has 0 saturated heterocycles. The lowest BCUT2D eigenvalue weighted by Gasteiger charge is -2.11. The Balaban J connectivity index is 2.24. The Morgan fingerprint density at radius 1 is 1.06 bits per heavy atom. The topological polar surface area (TPSA) is 12.9 Å². The summed E-state index contributed by atoms with van der Waals surface area (Å²) in [5.74, 6) is 0.368. The quantitative estimate of drug-likeness (QED) is 0.752. The van der Waals surface area contributed by atoms with Gasteiger partial charge < -0.3 is 0 Å². The Hall–Kier alpha value is -1.63. The standard InChI is InChI=1S/C15H17N/c1-3-13-7-9-14(10-8-13)12(2)15-6-4-5-11-16-15/h4-12H,3H2,1-2H3. The van der Waals surface area contributed by atoms with Crippen LogP contribution in [0.4, 0.5) is 0 Å². The van der Waals surface area contributed by atoms with Crippen LogP contribution < -0.4 is 0 Å². The largest absolute Gasteiger partial charge is 0.261 e. The Bertz CT molecular complexity index is 431. The van der Waals surface area contributed by atoms with Crippen LogP contribution in [0.1, 0.15) is 36.6 Å². The molecule has 1 heterocycles. The van der Waals surface area contributed by atoms with E-state index < -0.39 is 0 Å².